The fourth-order valence-electron chi connectivity index (χ4n) is 4.68. The van der Waals surface area contributed by atoms with Crippen molar-refractivity contribution in [1.29, 1.82) is 0 Å². The molecule has 0 aromatic heterocycles. The Balaban J connectivity index is 2.16. The molecular formula is C33H45N3O10S. The number of benzene rings is 2. The average molecular weight is 676 g/mol. The van der Waals surface area contributed by atoms with E-state index < -0.39 is 48.3 Å². The Labute approximate surface area is 278 Å². The van der Waals surface area contributed by atoms with E-state index in [0.717, 1.165) is 24.8 Å². The summed E-state index contributed by atoms with van der Waals surface area (Å²) in [7, 11) is 1.44. The normalized spacial score (nSPS) is 13.5. The molecule has 258 valence electrons. The van der Waals surface area contributed by atoms with Gasteiger partial charge in [-0.2, -0.15) is 11.8 Å². The Kier molecular flexibility index (Phi) is 16.6. The van der Waals surface area contributed by atoms with Crippen molar-refractivity contribution in [2.45, 2.75) is 88.1 Å². The zero-order chi connectivity index (χ0) is 34.9. The molecule has 0 radical (unpaired) electrons. The third kappa shape index (κ3) is 14.3. The predicted octanol–water partition coefficient (Wildman–Crippen LogP) is 2.78. The van der Waals surface area contributed by atoms with E-state index in [1.165, 1.54) is 49.2 Å². The lowest BCUT2D eigenvalue weighted by Gasteiger charge is -2.24. The molecule has 2 amide bonds. The Bertz CT molecular complexity index is 1350. The number of aliphatic carboxylic acids is 2. The molecule has 4 atom stereocenters. The third-order valence-electron chi connectivity index (χ3n) is 7.39. The van der Waals surface area contributed by atoms with Crippen LogP contribution >= 0.6 is 11.8 Å². The highest BCUT2D eigenvalue weighted by molar-refractivity contribution is 8.00. The number of unbranched alkanes of at least 4 members (excludes halogenated alkanes) is 2. The fraction of sp³-hybridized carbons (Fsp3) is 0.485. The van der Waals surface area contributed by atoms with Gasteiger partial charge in [0.2, 0.25) is 11.8 Å². The SMILES string of the molecule is CCCCCC(CC(=O)CCc1ccc(O)c(OC)c1)SCC(NC(=O)CC(N)C(=O)O)C(=O)NC(Cc1ccc(O)cc1)C(=O)O. The maximum Gasteiger partial charge on any atom is 0.326 e. The predicted molar refractivity (Wildman–Crippen MR) is 177 cm³/mol. The molecule has 2 aromatic carbocycles. The van der Waals surface area contributed by atoms with Gasteiger partial charge in [-0.1, -0.05) is 44.4 Å². The van der Waals surface area contributed by atoms with Crippen molar-refractivity contribution in [2.24, 2.45) is 5.73 Å². The second-order valence-electron chi connectivity index (χ2n) is 11.2. The number of hydrogen-bond acceptors (Lipinski definition) is 10. The number of aromatic hydroxyl groups is 2. The number of phenolic OH excluding ortho intramolecular Hbond substituents is 2. The highest BCUT2D eigenvalue weighted by Crippen LogP contribution is 2.28. The zero-order valence-corrected chi connectivity index (χ0v) is 27.5. The quantitative estimate of drug-likeness (QED) is 0.0895. The van der Waals surface area contributed by atoms with Crippen LogP contribution in [0.15, 0.2) is 42.5 Å². The van der Waals surface area contributed by atoms with E-state index in [4.69, 9.17) is 15.6 Å². The first-order chi connectivity index (χ1) is 22.3. The number of carboxylic acid groups (broad SMARTS) is 2. The van der Waals surface area contributed by atoms with Crippen molar-refractivity contribution in [2.75, 3.05) is 12.9 Å². The van der Waals surface area contributed by atoms with Crippen molar-refractivity contribution in [1.82, 2.24) is 10.6 Å². The molecule has 0 aliphatic heterocycles. The summed E-state index contributed by atoms with van der Waals surface area (Å²) in [5.41, 5.74) is 6.87. The Morgan fingerprint density at radius 3 is 2.19 bits per heavy atom. The molecule has 0 aliphatic rings. The van der Waals surface area contributed by atoms with Crippen LogP contribution in [-0.2, 0) is 36.8 Å². The summed E-state index contributed by atoms with van der Waals surface area (Å²) >= 11 is 1.30. The molecule has 4 unspecified atom stereocenters. The molecule has 0 spiro atoms. The van der Waals surface area contributed by atoms with Gasteiger partial charge in [0.15, 0.2) is 11.5 Å². The van der Waals surface area contributed by atoms with Crippen LogP contribution in [0, 0.1) is 0 Å². The lowest BCUT2D eigenvalue weighted by atomic mass is 10.0. The van der Waals surface area contributed by atoms with Crippen molar-refractivity contribution >= 4 is 41.3 Å². The molecule has 0 saturated carbocycles. The van der Waals surface area contributed by atoms with Gasteiger partial charge in [0, 0.05) is 30.3 Å². The summed E-state index contributed by atoms with van der Waals surface area (Å²) in [4.78, 5) is 62.3. The van der Waals surface area contributed by atoms with Gasteiger partial charge in [0.1, 0.15) is 29.7 Å². The number of aryl methyl sites for hydroxylation is 1. The molecule has 0 aliphatic carbocycles. The lowest BCUT2D eigenvalue weighted by molar-refractivity contribution is -0.142. The van der Waals surface area contributed by atoms with Gasteiger partial charge < -0.3 is 41.5 Å². The van der Waals surface area contributed by atoms with Crippen LogP contribution in [0.4, 0.5) is 0 Å². The number of hydrogen-bond donors (Lipinski definition) is 7. The van der Waals surface area contributed by atoms with Gasteiger partial charge in [-0.05, 0) is 48.2 Å². The monoisotopic (exact) mass is 675 g/mol. The van der Waals surface area contributed by atoms with Crippen LogP contribution in [0.5, 0.6) is 17.2 Å². The summed E-state index contributed by atoms with van der Waals surface area (Å²) in [6, 6.07) is 6.61. The number of ketones is 1. The van der Waals surface area contributed by atoms with Gasteiger partial charge in [-0.25, -0.2) is 4.79 Å². The number of carboxylic acids is 2. The van der Waals surface area contributed by atoms with Gasteiger partial charge >= 0.3 is 11.9 Å². The molecule has 2 rings (SSSR count). The number of Topliss-reactive ketones (excluding diaryl/α,β-unsaturated/α-hetero) is 1. The molecule has 8 N–H and O–H groups in total. The van der Waals surface area contributed by atoms with Gasteiger partial charge in [-0.3, -0.25) is 19.2 Å². The number of nitrogens with one attached hydrogen (secondary N) is 2. The standard InChI is InChI=1S/C33H45N3O10S/c1-3-4-5-6-24(17-23(38)13-9-21-10-14-28(39)29(16-21)46-2)47-19-27(35-30(40)18-25(34)32(42)43)31(41)36-26(33(44)45)15-20-7-11-22(37)12-8-20/h7-8,10-12,14,16,24-27,37,39H,3-6,9,13,15,17-19,34H2,1-2H3,(H,35,40)(H,36,41)(H,42,43)(H,44,45). The minimum atomic E-state index is -1.50. The summed E-state index contributed by atoms with van der Waals surface area (Å²) in [6.45, 7) is 2.05. The van der Waals surface area contributed by atoms with Crippen LogP contribution in [0.1, 0.15) is 63.0 Å². The van der Waals surface area contributed by atoms with Crippen molar-refractivity contribution < 1.29 is 49.1 Å². The second kappa shape index (κ2) is 20.0. The van der Waals surface area contributed by atoms with E-state index in [-0.39, 0.29) is 47.5 Å². The fourth-order valence-corrected chi connectivity index (χ4v) is 6.02. The maximum atomic E-state index is 13.4. The number of phenols is 2. The van der Waals surface area contributed by atoms with Crippen LogP contribution in [0.2, 0.25) is 0 Å². The number of carbonyl (C=O) groups is 5. The first-order valence-electron chi connectivity index (χ1n) is 15.4. The van der Waals surface area contributed by atoms with E-state index in [0.29, 0.717) is 24.2 Å². The average Bonchev–Trinajstić information content (AvgIpc) is 3.02. The molecule has 0 fully saturated rings. The van der Waals surface area contributed by atoms with E-state index in [1.807, 2.05) is 6.92 Å². The Morgan fingerprint density at radius 2 is 1.57 bits per heavy atom. The molecule has 0 saturated heterocycles. The molecule has 2 aromatic rings. The van der Waals surface area contributed by atoms with Gasteiger partial charge in [-0.15, -0.1) is 0 Å². The highest BCUT2D eigenvalue weighted by atomic mass is 32.2. The van der Waals surface area contributed by atoms with Gasteiger partial charge in [0.05, 0.1) is 13.5 Å². The van der Waals surface area contributed by atoms with Crippen molar-refractivity contribution in [3.63, 3.8) is 0 Å². The topological polar surface area (TPSA) is 226 Å². The molecule has 0 heterocycles. The first kappa shape index (κ1) is 38.9. The highest BCUT2D eigenvalue weighted by Gasteiger charge is 2.29. The van der Waals surface area contributed by atoms with E-state index in [2.05, 4.69) is 10.6 Å². The minimum absolute atomic E-state index is 0.000574. The Hall–Kier alpha value is -4.30. The molecule has 13 nitrogen and oxygen atoms in total. The number of ether oxygens (including phenoxy) is 1. The zero-order valence-electron chi connectivity index (χ0n) is 26.6. The van der Waals surface area contributed by atoms with E-state index in [1.54, 1.807) is 12.1 Å². The van der Waals surface area contributed by atoms with Crippen molar-refractivity contribution in [3.05, 3.63) is 53.6 Å². The number of nitrogens with two attached hydrogens (primary N) is 1. The number of carbonyl (C=O) groups excluding carboxylic acids is 3. The summed E-state index contributed by atoms with van der Waals surface area (Å²) < 4.78 is 5.14. The van der Waals surface area contributed by atoms with Crippen LogP contribution in [0.25, 0.3) is 0 Å². The largest absolute Gasteiger partial charge is 0.508 e. The van der Waals surface area contributed by atoms with Crippen LogP contribution in [-0.4, -0.2) is 86.2 Å². The minimum Gasteiger partial charge on any atom is -0.508 e. The first-order valence-corrected chi connectivity index (χ1v) is 16.5. The van der Waals surface area contributed by atoms with Crippen LogP contribution in [0.3, 0.4) is 0 Å². The summed E-state index contributed by atoms with van der Waals surface area (Å²) in [5.74, 6) is -4.01. The summed E-state index contributed by atoms with van der Waals surface area (Å²) in [6.07, 6.45) is 3.58. The van der Waals surface area contributed by atoms with E-state index in [9.17, 15) is 39.3 Å². The summed E-state index contributed by atoms with van der Waals surface area (Å²) in [5, 5.41) is 43.0. The number of rotatable bonds is 22. The number of amides is 2. The molecule has 47 heavy (non-hydrogen) atoms. The molecule has 14 heteroatoms. The number of methoxy groups -OCH3 is 1. The van der Waals surface area contributed by atoms with Crippen LogP contribution < -0.4 is 21.1 Å². The van der Waals surface area contributed by atoms with Crippen molar-refractivity contribution in [3.8, 4) is 17.2 Å². The smallest absolute Gasteiger partial charge is 0.326 e. The third-order valence-corrected chi connectivity index (χ3v) is 8.78. The second-order valence-corrected chi connectivity index (χ2v) is 12.6. The molecular weight excluding hydrogens is 630 g/mol. The number of thioether (sulfide) groups is 1. The molecule has 0 bridgehead atoms. The lowest BCUT2D eigenvalue weighted by Crippen LogP contribution is -2.54. The van der Waals surface area contributed by atoms with E-state index >= 15 is 0 Å². The van der Waals surface area contributed by atoms with Gasteiger partial charge in [0.25, 0.3) is 0 Å². The maximum absolute atomic E-state index is 13.4. The Morgan fingerprint density at radius 1 is 0.894 bits per heavy atom.